The number of aromatic nitrogens is 3. The maximum atomic E-state index is 5.44. The topological polar surface area (TPSA) is 39.9 Å². The fraction of sp³-hybridized carbons (Fsp3) is 0.375. The van der Waals surface area contributed by atoms with Crippen LogP contribution < -0.4 is 4.74 Å². The summed E-state index contributed by atoms with van der Waals surface area (Å²) in [6.45, 7) is 11.0. The molecule has 0 aliphatic rings. The second-order valence-corrected chi connectivity index (χ2v) is 6.76. The summed E-state index contributed by atoms with van der Waals surface area (Å²) >= 11 is 1.70. The normalized spacial score (nSPS) is 10.9. The number of hydrogen-bond acceptors (Lipinski definition) is 4. The lowest BCUT2D eigenvalue weighted by atomic mass is 10.2. The molecule has 4 nitrogen and oxygen atoms in total. The monoisotopic (exact) mass is 303 g/mol. The zero-order valence-electron chi connectivity index (χ0n) is 13.0. The molecule has 0 N–H and O–H groups in total. The SMILES string of the molecule is C=C(C)Cn1c(SC(C)C)nnc1-c1ccccc1OC. The number of methoxy groups -OCH3 is 1. The van der Waals surface area contributed by atoms with Crippen molar-refractivity contribution in [2.24, 2.45) is 0 Å². The van der Waals surface area contributed by atoms with Gasteiger partial charge in [-0.2, -0.15) is 0 Å². The maximum Gasteiger partial charge on any atom is 0.192 e. The van der Waals surface area contributed by atoms with E-state index in [0.717, 1.165) is 27.9 Å². The summed E-state index contributed by atoms with van der Waals surface area (Å²) in [5.41, 5.74) is 2.01. The van der Waals surface area contributed by atoms with Gasteiger partial charge in [-0.05, 0) is 19.1 Å². The summed E-state index contributed by atoms with van der Waals surface area (Å²) in [5, 5.41) is 10.1. The summed E-state index contributed by atoms with van der Waals surface area (Å²) < 4.78 is 7.54. The molecule has 0 spiro atoms. The Kier molecular flexibility index (Phi) is 5.07. The van der Waals surface area contributed by atoms with Crippen LogP contribution in [0, 0.1) is 0 Å². The van der Waals surface area contributed by atoms with Crippen molar-refractivity contribution in [3.63, 3.8) is 0 Å². The summed E-state index contributed by atoms with van der Waals surface area (Å²) in [7, 11) is 1.67. The molecule has 0 aliphatic heterocycles. The van der Waals surface area contributed by atoms with Crippen LogP contribution in [-0.2, 0) is 6.54 Å². The Hall–Kier alpha value is -1.75. The molecule has 5 heteroatoms. The van der Waals surface area contributed by atoms with Crippen molar-refractivity contribution in [3.8, 4) is 17.1 Å². The van der Waals surface area contributed by atoms with Gasteiger partial charge in [0.25, 0.3) is 0 Å². The van der Waals surface area contributed by atoms with Crippen LogP contribution in [-0.4, -0.2) is 27.1 Å². The fourth-order valence-corrected chi connectivity index (χ4v) is 2.82. The van der Waals surface area contributed by atoms with E-state index in [2.05, 4.69) is 35.2 Å². The molecule has 0 bridgehead atoms. The highest BCUT2D eigenvalue weighted by atomic mass is 32.2. The third kappa shape index (κ3) is 3.67. The van der Waals surface area contributed by atoms with Crippen molar-refractivity contribution in [3.05, 3.63) is 36.4 Å². The van der Waals surface area contributed by atoms with Gasteiger partial charge in [0.05, 0.1) is 12.7 Å². The van der Waals surface area contributed by atoms with Crippen LogP contribution in [0.2, 0.25) is 0 Å². The lowest BCUT2D eigenvalue weighted by Gasteiger charge is -2.13. The molecular weight excluding hydrogens is 282 g/mol. The molecule has 0 saturated carbocycles. The van der Waals surface area contributed by atoms with E-state index < -0.39 is 0 Å². The first kappa shape index (κ1) is 15.6. The highest BCUT2D eigenvalue weighted by Gasteiger charge is 2.18. The molecule has 2 aromatic rings. The van der Waals surface area contributed by atoms with Crippen LogP contribution in [0.5, 0.6) is 5.75 Å². The molecule has 0 radical (unpaired) electrons. The van der Waals surface area contributed by atoms with Gasteiger partial charge in [-0.15, -0.1) is 10.2 Å². The first-order valence-corrected chi connectivity index (χ1v) is 7.78. The third-order valence-corrected chi connectivity index (χ3v) is 3.82. The smallest absolute Gasteiger partial charge is 0.192 e. The highest BCUT2D eigenvalue weighted by Crippen LogP contribution is 2.32. The van der Waals surface area contributed by atoms with E-state index in [1.54, 1.807) is 18.9 Å². The molecule has 1 aromatic heterocycles. The highest BCUT2D eigenvalue weighted by molar-refractivity contribution is 7.99. The van der Waals surface area contributed by atoms with Crippen LogP contribution >= 0.6 is 11.8 Å². The Morgan fingerprint density at radius 3 is 2.67 bits per heavy atom. The van der Waals surface area contributed by atoms with Crippen LogP contribution in [0.3, 0.4) is 0 Å². The predicted molar refractivity (Wildman–Crippen MR) is 87.8 cm³/mol. The van der Waals surface area contributed by atoms with Crippen molar-refractivity contribution in [1.29, 1.82) is 0 Å². The molecule has 2 rings (SSSR count). The van der Waals surface area contributed by atoms with Crippen LogP contribution in [0.25, 0.3) is 11.4 Å². The van der Waals surface area contributed by atoms with Crippen molar-refractivity contribution in [1.82, 2.24) is 14.8 Å². The minimum Gasteiger partial charge on any atom is -0.496 e. The standard InChI is InChI=1S/C16H21N3OS/c1-11(2)10-19-15(17-18-16(19)21-12(3)4)13-8-6-7-9-14(13)20-5/h6-9,12H,1,10H2,2-5H3. The molecule has 1 aromatic carbocycles. The molecule has 0 unspecified atom stereocenters. The predicted octanol–water partition coefficient (Wildman–Crippen LogP) is 4.03. The second-order valence-electron chi connectivity index (χ2n) is 5.22. The number of rotatable bonds is 6. The van der Waals surface area contributed by atoms with Gasteiger partial charge in [-0.3, -0.25) is 4.57 Å². The molecule has 0 aliphatic carbocycles. The van der Waals surface area contributed by atoms with Crippen molar-refractivity contribution >= 4 is 11.8 Å². The number of para-hydroxylation sites is 1. The Morgan fingerprint density at radius 2 is 2.05 bits per heavy atom. The Balaban J connectivity index is 2.52. The largest absolute Gasteiger partial charge is 0.496 e. The first-order valence-electron chi connectivity index (χ1n) is 6.90. The van der Waals surface area contributed by atoms with E-state index in [1.807, 2.05) is 31.2 Å². The van der Waals surface area contributed by atoms with E-state index in [4.69, 9.17) is 4.74 Å². The number of benzene rings is 1. The van der Waals surface area contributed by atoms with Gasteiger partial charge in [0.2, 0.25) is 0 Å². The van der Waals surface area contributed by atoms with Gasteiger partial charge in [0.1, 0.15) is 5.75 Å². The average Bonchev–Trinajstić information content (AvgIpc) is 2.80. The Morgan fingerprint density at radius 1 is 1.33 bits per heavy atom. The first-order chi connectivity index (χ1) is 10.0. The van der Waals surface area contributed by atoms with Crippen LogP contribution in [0.4, 0.5) is 0 Å². The van der Waals surface area contributed by atoms with Crippen LogP contribution in [0.15, 0.2) is 41.6 Å². The summed E-state index contributed by atoms with van der Waals surface area (Å²) in [6.07, 6.45) is 0. The number of thioether (sulfide) groups is 1. The van der Waals surface area contributed by atoms with E-state index in [-0.39, 0.29) is 0 Å². The zero-order chi connectivity index (χ0) is 15.4. The summed E-state index contributed by atoms with van der Waals surface area (Å²) in [5.74, 6) is 1.62. The quantitative estimate of drug-likeness (QED) is 0.596. The minimum atomic E-state index is 0.448. The molecule has 112 valence electrons. The average molecular weight is 303 g/mol. The van der Waals surface area contributed by atoms with Crippen molar-refractivity contribution in [2.75, 3.05) is 7.11 Å². The number of ether oxygens (including phenoxy) is 1. The van der Waals surface area contributed by atoms with Gasteiger partial charge >= 0.3 is 0 Å². The molecule has 21 heavy (non-hydrogen) atoms. The summed E-state index contributed by atoms with van der Waals surface area (Å²) in [6, 6.07) is 7.87. The fourth-order valence-electron chi connectivity index (χ4n) is 2.03. The third-order valence-electron chi connectivity index (χ3n) is 2.83. The lowest BCUT2D eigenvalue weighted by molar-refractivity contribution is 0.416. The Labute approximate surface area is 130 Å². The van der Waals surface area contributed by atoms with Crippen molar-refractivity contribution < 1.29 is 4.74 Å². The number of nitrogens with zero attached hydrogens (tertiary/aromatic N) is 3. The van der Waals surface area contributed by atoms with E-state index >= 15 is 0 Å². The van der Waals surface area contributed by atoms with Crippen LogP contribution in [0.1, 0.15) is 20.8 Å². The van der Waals surface area contributed by atoms with Gasteiger partial charge < -0.3 is 4.74 Å². The molecule has 0 amide bonds. The Bertz CT molecular complexity index is 634. The van der Waals surface area contributed by atoms with E-state index in [9.17, 15) is 0 Å². The minimum absolute atomic E-state index is 0.448. The molecule has 1 heterocycles. The second kappa shape index (κ2) is 6.80. The maximum absolute atomic E-state index is 5.44. The number of allylic oxidation sites excluding steroid dienone is 1. The van der Waals surface area contributed by atoms with E-state index in [1.165, 1.54) is 0 Å². The molecular formula is C16H21N3OS. The lowest BCUT2D eigenvalue weighted by Crippen LogP contribution is -2.05. The van der Waals surface area contributed by atoms with Crippen molar-refractivity contribution in [2.45, 2.75) is 37.7 Å². The van der Waals surface area contributed by atoms with Gasteiger partial charge in [-0.1, -0.05) is 49.9 Å². The van der Waals surface area contributed by atoms with Gasteiger partial charge in [-0.25, -0.2) is 0 Å². The van der Waals surface area contributed by atoms with Gasteiger partial charge in [0.15, 0.2) is 11.0 Å². The van der Waals surface area contributed by atoms with E-state index in [0.29, 0.717) is 11.8 Å². The zero-order valence-corrected chi connectivity index (χ0v) is 13.8. The molecule has 0 fully saturated rings. The molecule has 0 atom stereocenters. The number of hydrogen-bond donors (Lipinski definition) is 0. The summed E-state index contributed by atoms with van der Waals surface area (Å²) in [4.78, 5) is 0. The van der Waals surface area contributed by atoms with Gasteiger partial charge in [0, 0.05) is 11.8 Å². The molecule has 0 saturated heterocycles.